The van der Waals surface area contributed by atoms with E-state index in [1.807, 2.05) is 5.32 Å². The van der Waals surface area contributed by atoms with Crippen LogP contribution in [0, 0.1) is 0 Å². The molecule has 1 aromatic rings. The average Bonchev–Trinajstić information content (AvgIpc) is 2.15. The molecule has 17 heavy (non-hydrogen) atoms. The quantitative estimate of drug-likeness (QED) is 0.875. The van der Waals surface area contributed by atoms with Gasteiger partial charge in [0.25, 0.3) is 0 Å². The largest absolute Gasteiger partial charge is 0.401 e. The maximum atomic E-state index is 11.8. The van der Waals surface area contributed by atoms with Crippen molar-refractivity contribution in [3.63, 3.8) is 0 Å². The number of aromatic nitrogens is 1. The van der Waals surface area contributed by atoms with Crippen LogP contribution in [0.4, 0.5) is 19.0 Å². The van der Waals surface area contributed by atoms with Crippen LogP contribution in [-0.2, 0) is 4.79 Å². The van der Waals surface area contributed by atoms with Gasteiger partial charge < -0.3 is 10.6 Å². The minimum atomic E-state index is -4.34. The number of carbonyl (C=O) groups is 1. The van der Waals surface area contributed by atoms with Crippen LogP contribution in [0.5, 0.6) is 0 Å². The maximum Gasteiger partial charge on any atom is 0.401 e. The first-order valence-corrected chi connectivity index (χ1v) is 4.93. The standard InChI is InChI=1S/C9H9ClF3N3O/c10-6-1-2-15-7(3-6)16-8(17)4-14-5-9(11,12)13/h1-3,14H,4-5H2,(H,15,16,17). The molecule has 0 saturated carbocycles. The van der Waals surface area contributed by atoms with Crippen LogP contribution < -0.4 is 10.6 Å². The van der Waals surface area contributed by atoms with E-state index in [1.165, 1.54) is 18.3 Å². The summed E-state index contributed by atoms with van der Waals surface area (Å²) >= 11 is 5.64. The molecule has 0 spiro atoms. The number of nitrogens with one attached hydrogen (secondary N) is 2. The molecule has 1 rings (SSSR count). The van der Waals surface area contributed by atoms with Gasteiger partial charge in [0.1, 0.15) is 5.82 Å². The summed E-state index contributed by atoms with van der Waals surface area (Å²) in [5.74, 6) is -0.430. The lowest BCUT2D eigenvalue weighted by atomic mass is 10.4. The van der Waals surface area contributed by atoms with Crippen LogP contribution in [0.25, 0.3) is 0 Å². The number of carbonyl (C=O) groups excluding carboxylic acids is 1. The Morgan fingerprint density at radius 2 is 2.18 bits per heavy atom. The second-order valence-electron chi connectivity index (χ2n) is 3.13. The summed E-state index contributed by atoms with van der Waals surface area (Å²) in [6.45, 7) is -1.67. The number of halogens is 4. The molecule has 0 aromatic carbocycles. The van der Waals surface area contributed by atoms with Crippen molar-refractivity contribution < 1.29 is 18.0 Å². The summed E-state index contributed by atoms with van der Waals surface area (Å²) in [5, 5.41) is 4.64. The van der Waals surface area contributed by atoms with Crippen LogP contribution in [0.15, 0.2) is 18.3 Å². The summed E-state index contributed by atoms with van der Waals surface area (Å²) < 4.78 is 35.3. The number of rotatable bonds is 4. The summed E-state index contributed by atoms with van der Waals surface area (Å²) in [4.78, 5) is 15.0. The van der Waals surface area contributed by atoms with Crippen LogP contribution in [0.1, 0.15) is 0 Å². The fraction of sp³-hybridized carbons (Fsp3) is 0.333. The van der Waals surface area contributed by atoms with Crippen LogP contribution in [0.3, 0.4) is 0 Å². The van der Waals surface area contributed by atoms with E-state index in [0.29, 0.717) is 5.02 Å². The molecule has 0 aliphatic heterocycles. The molecule has 8 heteroatoms. The van der Waals surface area contributed by atoms with E-state index >= 15 is 0 Å². The molecule has 0 saturated heterocycles. The van der Waals surface area contributed by atoms with Crippen molar-refractivity contribution in [1.82, 2.24) is 10.3 Å². The molecule has 1 heterocycles. The minimum absolute atomic E-state index is 0.191. The Hall–Kier alpha value is -1.34. The number of hydrogen-bond donors (Lipinski definition) is 2. The van der Waals surface area contributed by atoms with E-state index in [0.717, 1.165) is 0 Å². The minimum Gasteiger partial charge on any atom is -0.310 e. The Morgan fingerprint density at radius 1 is 1.47 bits per heavy atom. The van der Waals surface area contributed by atoms with Crippen molar-refractivity contribution in [2.75, 3.05) is 18.4 Å². The molecular formula is C9H9ClF3N3O. The van der Waals surface area contributed by atoms with Gasteiger partial charge in [-0.25, -0.2) is 4.98 Å². The number of hydrogen-bond acceptors (Lipinski definition) is 3. The first-order chi connectivity index (χ1) is 7.87. The molecule has 1 aromatic heterocycles. The summed E-state index contributed by atoms with van der Waals surface area (Å²) in [7, 11) is 0. The van der Waals surface area contributed by atoms with Gasteiger partial charge in [-0.2, -0.15) is 13.2 Å². The van der Waals surface area contributed by atoms with Gasteiger partial charge in [0, 0.05) is 11.2 Å². The van der Waals surface area contributed by atoms with Gasteiger partial charge in [0.15, 0.2) is 0 Å². The molecule has 2 N–H and O–H groups in total. The maximum absolute atomic E-state index is 11.8. The van der Waals surface area contributed by atoms with E-state index in [4.69, 9.17) is 11.6 Å². The molecule has 0 atom stereocenters. The third-order valence-electron chi connectivity index (χ3n) is 1.60. The smallest absolute Gasteiger partial charge is 0.310 e. The number of alkyl halides is 3. The van der Waals surface area contributed by atoms with Crippen molar-refractivity contribution in [2.45, 2.75) is 6.18 Å². The van der Waals surface area contributed by atoms with Crippen molar-refractivity contribution >= 4 is 23.3 Å². The second-order valence-corrected chi connectivity index (χ2v) is 3.56. The second kappa shape index (κ2) is 5.83. The lowest BCUT2D eigenvalue weighted by molar-refractivity contribution is -0.126. The number of anilines is 1. The van der Waals surface area contributed by atoms with Crippen molar-refractivity contribution in [3.8, 4) is 0 Å². The van der Waals surface area contributed by atoms with Gasteiger partial charge in [0.2, 0.25) is 5.91 Å². The predicted molar refractivity (Wildman–Crippen MR) is 56.8 cm³/mol. The van der Waals surface area contributed by atoms with E-state index in [9.17, 15) is 18.0 Å². The van der Waals surface area contributed by atoms with E-state index in [1.54, 1.807) is 0 Å². The Balaban J connectivity index is 2.35. The Morgan fingerprint density at radius 3 is 2.76 bits per heavy atom. The first-order valence-electron chi connectivity index (χ1n) is 4.56. The summed E-state index contributed by atoms with van der Waals surface area (Å²) in [5.41, 5.74) is 0. The molecule has 0 bridgehead atoms. The first kappa shape index (κ1) is 13.7. The molecule has 0 aliphatic carbocycles. The predicted octanol–water partition coefficient (Wildman–Crippen LogP) is 1.83. The van der Waals surface area contributed by atoms with Gasteiger partial charge in [-0.15, -0.1) is 0 Å². The highest BCUT2D eigenvalue weighted by molar-refractivity contribution is 6.30. The van der Waals surface area contributed by atoms with Crippen LogP contribution >= 0.6 is 11.6 Å². The Kier molecular flexibility index (Phi) is 4.71. The highest BCUT2D eigenvalue weighted by Crippen LogP contribution is 2.12. The van der Waals surface area contributed by atoms with Crippen molar-refractivity contribution in [1.29, 1.82) is 0 Å². The molecule has 1 amide bonds. The van der Waals surface area contributed by atoms with Crippen LogP contribution in [-0.4, -0.2) is 30.2 Å². The molecule has 94 valence electrons. The van der Waals surface area contributed by atoms with Gasteiger partial charge in [-0.3, -0.25) is 4.79 Å². The average molecular weight is 268 g/mol. The van der Waals surface area contributed by atoms with Crippen molar-refractivity contribution in [2.24, 2.45) is 0 Å². The zero-order valence-corrected chi connectivity index (χ0v) is 9.27. The zero-order chi connectivity index (χ0) is 12.9. The van der Waals surface area contributed by atoms with Gasteiger partial charge in [-0.05, 0) is 12.1 Å². The van der Waals surface area contributed by atoms with Crippen LogP contribution in [0.2, 0.25) is 5.02 Å². The molecule has 4 nitrogen and oxygen atoms in total. The van der Waals surface area contributed by atoms with E-state index < -0.39 is 25.2 Å². The zero-order valence-electron chi connectivity index (χ0n) is 8.51. The molecular weight excluding hydrogens is 259 g/mol. The molecule has 0 unspecified atom stereocenters. The summed E-state index contributed by atoms with van der Waals surface area (Å²) in [6.07, 6.45) is -2.96. The molecule has 0 fully saturated rings. The Bertz CT molecular complexity index is 397. The van der Waals surface area contributed by atoms with Gasteiger partial charge >= 0.3 is 6.18 Å². The fourth-order valence-corrected chi connectivity index (χ4v) is 1.14. The third kappa shape index (κ3) is 6.08. The van der Waals surface area contributed by atoms with Gasteiger partial charge in [-0.1, -0.05) is 11.6 Å². The number of nitrogens with zero attached hydrogens (tertiary/aromatic N) is 1. The lowest BCUT2D eigenvalue weighted by Gasteiger charge is -2.08. The third-order valence-corrected chi connectivity index (χ3v) is 1.84. The van der Waals surface area contributed by atoms with E-state index in [2.05, 4.69) is 10.3 Å². The normalized spacial score (nSPS) is 11.3. The number of pyridine rings is 1. The summed E-state index contributed by atoms with van der Waals surface area (Å²) in [6, 6.07) is 2.91. The topological polar surface area (TPSA) is 54.0 Å². The van der Waals surface area contributed by atoms with E-state index in [-0.39, 0.29) is 5.82 Å². The molecule has 0 radical (unpaired) electrons. The number of amides is 1. The monoisotopic (exact) mass is 267 g/mol. The highest BCUT2D eigenvalue weighted by atomic mass is 35.5. The lowest BCUT2D eigenvalue weighted by Crippen LogP contribution is -2.35. The van der Waals surface area contributed by atoms with Gasteiger partial charge in [0.05, 0.1) is 13.1 Å². The molecule has 0 aliphatic rings. The SMILES string of the molecule is O=C(CNCC(F)(F)F)Nc1cc(Cl)ccn1. The Labute approximate surface area is 100 Å². The fourth-order valence-electron chi connectivity index (χ4n) is 0.978. The van der Waals surface area contributed by atoms with Crippen molar-refractivity contribution in [3.05, 3.63) is 23.4 Å². The highest BCUT2D eigenvalue weighted by Gasteiger charge is 2.26.